The van der Waals surface area contributed by atoms with Crippen LogP contribution in [0.5, 0.6) is 0 Å². The Bertz CT molecular complexity index is 372. The van der Waals surface area contributed by atoms with Crippen LogP contribution in [-0.2, 0) is 9.47 Å². The molecule has 0 saturated carbocycles. The molecule has 1 saturated heterocycles. The van der Waals surface area contributed by atoms with Gasteiger partial charge in [-0.25, -0.2) is 0 Å². The molecule has 4 nitrogen and oxygen atoms in total. The Morgan fingerprint density at radius 3 is 2.14 bits per heavy atom. The SMILES string of the molecule is CCOC(CCN1CCN(c2ccccc2)CC1)OCC. The minimum atomic E-state index is -0.0489. The Kier molecular flexibility index (Phi) is 7.00. The lowest BCUT2D eigenvalue weighted by atomic mass is 10.2. The molecule has 4 heteroatoms. The molecule has 1 aromatic carbocycles. The van der Waals surface area contributed by atoms with Crippen LogP contribution in [0.25, 0.3) is 0 Å². The second kappa shape index (κ2) is 9.03. The molecule has 1 aliphatic rings. The van der Waals surface area contributed by atoms with E-state index in [0.717, 1.165) is 39.1 Å². The minimum Gasteiger partial charge on any atom is -0.369 e. The highest BCUT2D eigenvalue weighted by Gasteiger charge is 2.18. The van der Waals surface area contributed by atoms with Gasteiger partial charge in [0, 0.05) is 58.0 Å². The number of nitrogens with zero attached hydrogens (tertiary/aromatic N) is 2. The standard InChI is InChI=1S/C17H28N2O2/c1-3-20-17(21-4-2)10-11-18-12-14-19(15-13-18)16-8-6-5-7-9-16/h5-9,17H,3-4,10-15H2,1-2H3. The first kappa shape index (κ1) is 16.3. The van der Waals surface area contributed by atoms with Gasteiger partial charge in [0.1, 0.15) is 0 Å². The Morgan fingerprint density at radius 2 is 1.57 bits per heavy atom. The van der Waals surface area contributed by atoms with Crippen LogP contribution in [0.4, 0.5) is 5.69 Å². The molecule has 2 rings (SSSR count). The predicted molar refractivity (Wildman–Crippen MR) is 86.8 cm³/mol. The molecule has 0 spiro atoms. The fourth-order valence-corrected chi connectivity index (χ4v) is 2.74. The molecule has 1 fully saturated rings. The molecular formula is C17H28N2O2. The molecule has 0 amide bonds. The van der Waals surface area contributed by atoms with Gasteiger partial charge in [0.2, 0.25) is 0 Å². The van der Waals surface area contributed by atoms with Crippen molar-refractivity contribution in [3.05, 3.63) is 30.3 Å². The summed E-state index contributed by atoms with van der Waals surface area (Å²) in [6.07, 6.45) is 0.902. The van der Waals surface area contributed by atoms with E-state index in [1.54, 1.807) is 0 Å². The van der Waals surface area contributed by atoms with Crippen LogP contribution in [0.3, 0.4) is 0 Å². The summed E-state index contributed by atoms with van der Waals surface area (Å²) in [6, 6.07) is 10.7. The third kappa shape index (κ3) is 5.30. The molecule has 1 heterocycles. The Hall–Kier alpha value is -1.10. The molecule has 0 atom stereocenters. The molecule has 0 bridgehead atoms. The summed E-state index contributed by atoms with van der Waals surface area (Å²) in [6.45, 7) is 10.9. The van der Waals surface area contributed by atoms with Gasteiger partial charge < -0.3 is 14.4 Å². The van der Waals surface area contributed by atoms with Crippen LogP contribution in [0.2, 0.25) is 0 Å². The number of rotatable bonds is 8. The van der Waals surface area contributed by atoms with Gasteiger partial charge in [0.15, 0.2) is 6.29 Å². The van der Waals surface area contributed by atoms with E-state index in [1.807, 2.05) is 13.8 Å². The van der Waals surface area contributed by atoms with Crippen LogP contribution < -0.4 is 4.90 Å². The van der Waals surface area contributed by atoms with E-state index < -0.39 is 0 Å². The smallest absolute Gasteiger partial charge is 0.158 e. The van der Waals surface area contributed by atoms with Crippen molar-refractivity contribution in [1.29, 1.82) is 0 Å². The van der Waals surface area contributed by atoms with Crippen molar-refractivity contribution < 1.29 is 9.47 Å². The van der Waals surface area contributed by atoms with Crippen LogP contribution >= 0.6 is 0 Å². The summed E-state index contributed by atoms with van der Waals surface area (Å²) < 4.78 is 11.2. The third-order valence-corrected chi connectivity index (χ3v) is 3.88. The molecule has 0 N–H and O–H groups in total. The normalized spacial score (nSPS) is 16.6. The zero-order chi connectivity index (χ0) is 14.9. The molecule has 1 aliphatic heterocycles. The first-order valence-corrected chi connectivity index (χ1v) is 8.09. The zero-order valence-corrected chi connectivity index (χ0v) is 13.3. The second-order valence-electron chi connectivity index (χ2n) is 5.29. The van der Waals surface area contributed by atoms with Crippen molar-refractivity contribution in [3.8, 4) is 0 Å². The highest BCUT2D eigenvalue weighted by molar-refractivity contribution is 5.46. The molecule has 0 radical (unpaired) electrons. The molecule has 118 valence electrons. The molecule has 21 heavy (non-hydrogen) atoms. The summed E-state index contributed by atoms with van der Waals surface area (Å²) in [5.41, 5.74) is 1.33. The summed E-state index contributed by atoms with van der Waals surface area (Å²) in [5.74, 6) is 0. The van der Waals surface area contributed by atoms with Gasteiger partial charge in [-0.1, -0.05) is 18.2 Å². The number of para-hydroxylation sites is 1. The van der Waals surface area contributed by atoms with Crippen molar-refractivity contribution in [2.45, 2.75) is 26.6 Å². The summed E-state index contributed by atoms with van der Waals surface area (Å²) >= 11 is 0. The van der Waals surface area contributed by atoms with Crippen LogP contribution in [0.1, 0.15) is 20.3 Å². The van der Waals surface area contributed by atoms with Gasteiger partial charge in [-0.15, -0.1) is 0 Å². The quantitative estimate of drug-likeness (QED) is 0.688. The fraction of sp³-hybridized carbons (Fsp3) is 0.647. The average molecular weight is 292 g/mol. The van der Waals surface area contributed by atoms with Crippen LogP contribution in [0, 0.1) is 0 Å². The van der Waals surface area contributed by atoms with E-state index in [2.05, 4.69) is 40.1 Å². The number of piperazine rings is 1. The number of hydrogen-bond donors (Lipinski definition) is 0. The summed E-state index contributed by atoms with van der Waals surface area (Å²) in [7, 11) is 0. The third-order valence-electron chi connectivity index (χ3n) is 3.88. The topological polar surface area (TPSA) is 24.9 Å². The van der Waals surface area contributed by atoms with Crippen molar-refractivity contribution in [2.24, 2.45) is 0 Å². The molecule has 1 aromatic rings. The van der Waals surface area contributed by atoms with Gasteiger partial charge >= 0.3 is 0 Å². The molecule has 0 unspecified atom stereocenters. The number of anilines is 1. The minimum absolute atomic E-state index is 0.0489. The second-order valence-corrected chi connectivity index (χ2v) is 5.29. The Balaban J connectivity index is 1.71. The number of hydrogen-bond acceptors (Lipinski definition) is 4. The fourth-order valence-electron chi connectivity index (χ4n) is 2.74. The molecule has 0 aliphatic carbocycles. The maximum absolute atomic E-state index is 5.60. The Morgan fingerprint density at radius 1 is 0.952 bits per heavy atom. The Labute approximate surface area is 128 Å². The van der Waals surface area contributed by atoms with Gasteiger partial charge in [0.25, 0.3) is 0 Å². The largest absolute Gasteiger partial charge is 0.369 e. The summed E-state index contributed by atoms with van der Waals surface area (Å²) in [4.78, 5) is 4.96. The monoisotopic (exact) mass is 292 g/mol. The van der Waals surface area contributed by atoms with Crippen molar-refractivity contribution in [1.82, 2.24) is 4.90 Å². The van der Waals surface area contributed by atoms with Crippen LogP contribution in [-0.4, -0.2) is 57.1 Å². The van der Waals surface area contributed by atoms with Crippen molar-refractivity contribution in [3.63, 3.8) is 0 Å². The average Bonchev–Trinajstić information content (AvgIpc) is 2.54. The van der Waals surface area contributed by atoms with Crippen molar-refractivity contribution in [2.75, 3.05) is 50.8 Å². The van der Waals surface area contributed by atoms with Gasteiger partial charge in [-0.2, -0.15) is 0 Å². The van der Waals surface area contributed by atoms with Gasteiger partial charge in [-0.3, -0.25) is 4.90 Å². The lowest BCUT2D eigenvalue weighted by Crippen LogP contribution is -2.47. The van der Waals surface area contributed by atoms with E-state index in [4.69, 9.17) is 9.47 Å². The number of ether oxygens (including phenoxy) is 2. The van der Waals surface area contributed by atoms with Crippen molar-refractivity contribution >= 4 is 5.69 Å². The van der Waals surface area contributed by atoms with E-state index >= 15 is 0 Å². The van der Waals surface area contributed by atoms with Gasteiger partial charge in [0.05, 0.1) is 0 Å². The van der Waals surface area contributed by atoms with E-state index in [9.17, 15) is 0 Å². The lowest BCUT2D eigenvalue weighted by Gasteiger charge is -2.36. The zero-order valence-electron chi connectivity index (χ0n) is 13.3. The highest BCUT2D eigenvalue weighted by atomic mass is 16.7. The van der Waals surface area contributed by atoms with E-state index in [-0.39, 0.29) is 6.29 Å². The van der Waals surface area contributed by atoms with Gasteiger partial charge in [-0.05, 0) is 26.0 Å². The predicted octanol–water partition coefficient (Wildman–Crippen LogP) is 2.60. The summed E-state index contributed by atoms with van der Waals surface area (Å²) in [5, 5.41) is 0. The maximum Gasteiger partial charge on any atom is 0.158 e. The van der Waals surface area contributed by atoms with E-state index in [1.165, 1.54) is 5.69 Å². The van der Waals surface area contributed by atoms with E-state index in [0.29, 0.717) is 13.2 Å². The maximum atomic E-state index is 5.60. The highest BCUT2D eigenvalue weighted by Crippen LogP contribution is 2.16. The van der Waals surface area contributed by atoms with Crippen LogP contribution in [0.15, 0.2) is 30.3 Å². The molecular weight excluding hydrogens is 264 g/mol. The molecule has 0 aromatic heterocycles. The first-order valence-electron chi connectivity index (χ1n) is 8.09. The first-order chi connectivity index (χ1) is 10.3. The number of benzene rings is 1. The lowest BCUT2D eigenvalue weighted by molar-refractivity contribution is -0.141.